The van der Waals surface area contributed by atoms with E-state index in [1.54, 1.807) is 7.11 Å². The van der Waals surface area contributed by atoms with Crippen molar-refractivity contribution in [2.24, 2.45) is 5.73 Å². The Morgan fingerprint density at radius 2 is 1.74 bits per heavy atom. The lowest BCUT2D eigenvalue weighted by Gasteiger charge is -2.21. The molecule has 0 aliphatic heterocycles. The summed E-state index contributed by atoms with van der Waals surface area (Å²) < 4.78 is 5.24. The normalized spacial score (nSPS) is 12.1. The van der Waals surface area contributed by atoms with Gasteiger partial charge in [0.15, 0.2) is 0 Å². The van der Waals surface area contributed by atoms with Gasteiger partial charge in [-0.1, -0.05) is 42.5 Å². The summed E-state index contributed by atoms with van der Waals surface area (Å²) in [5.41, 5.74) is 9.35. The number of anilines is 1. The van der Waals surface area contributed by atoms with Crippen molar-refractivity contribution in [1.29, 1.82) is 0 Å². The summed E-state index contributed by atoms with van der Waals surface area (Å²) in [5.74, 6) is 0. The lowest BCUT2D eigenvalue weighted by Crippen LogP contribution is -2.22. The molecule has 0 fully saturated rings. The molecule has 3 nitrogen and oxygen atoms in total. The molecule has 0 aromatic heterocycles. The van der Waals surface area contributed by atoms with E-state index in [1.165, 1.54) is 11.1 Å². The highest BCUT2D eigenvalue weighted by atomic mass is 16.5. The number of rotatable bonds is 6. The minimum atomic E-state index is 0.0914. The second-order valence-corrected chi connectivity index (χ2v) is 4.43. The van der Waals surface area contributed by atoms with Crippen LogP contribution in [0.25, 0.3) is 0 Å². The monoisotopic (exact) mass is 256 g/mol. The Morgan fingerprint density at radius 1 is 1.05 bits per heavy atom. The molecule has 0 aliphatic rings. The van der Waals surface area contributed by atoms with Gasteiger partial charge in [-0.05, 0) is 23.3 Å². The lowest BCUT2D eigenvalue weighted by molar-refractivity contribution is 0.184. The van der Waals surface area contributed by atoms with E-state index >= 15 is 0 Å². The van der Waals surface area contributed by atoms with Crippen LogP contribution in [-0.2, 0) is 11.3 Å². The van der Waals surface area contributed by atoms with E-state index in [4.69, 9.17) is 10.5 Å². The first-order chi connectivity index (χ1) is 9.35. The summed E-state index contributed by atoms with van der Waals surface area (Å²) >= 11 is 0. The Labute approximate surface area is 114 Å². The third kappa shape index (κ3) is 3.56. The zero-order valence-electron chi connectivity index (χ0n) is 11.2. The van der Waals surface area contributed by atoms with E-state index in [9.17, 15) is 0 Å². The number of benzene rings is 2. The molecule has 19 heavy (non-hydrogen) atoms. The smallest absolute Gasteiger partial charge is 0.0716 e. The average Bonchev–Trinajstić information content (AvgIpc) is 2.47. The maximum Gasteiger partial charge on any atom is 0.0716 e. The number of nitrogens with one attached hydrogen (secondary N) is 1. The average molecular weight is 256 g/mol. The van der Waals surface area contributed by atoms with Gasteiger partial charge in [-0.3, -0.25) is 0 Å². The fraction of sp³-hybridized carbons (Fsp3) is 0.250. The third-order valence-corrected chi connectivity index (χ3v) is 3.08. The second-order valence-electron chi connectivity index (χ2n) is 4.43. The molecule has 2 aromatic rings. The van der Waals surface area contributed by atoms with Gasteiger partial charge < -0.3 is 15.8 Å². The molecule has 0 bridgehead atoms. The van der Waals surface area contributed by atoms with Gasteiger partial charge in [0, 0.05) is 19.3 Å². The van der Waals surface area contributed by atoms with E-state index < -0.39 is 0 Å². The fourth-order valence-electron chi connectivity index (χ4n) is 2.16. The molecule has 0 aliphatic carbocycles. The van der Waals surface area contributed by atoms with Crippen molar-refractivity contribution in [3.05, 3.63) is 65.7 Å². The van der Waals surface area contributed by atoms with Crippen LogP contribution in [0.3, 0.4) is 0 Å². The molecular weight excluding hydrogens is 236 g/mol. The summed E-state index contributed by atoms with van der Waals surface area (Å²) in [6.45, 7) is 1.14. The van der Waals surface area contributed by atoms with Crippen LogP contribution in [-0.4, -0.2) is 13.7 Å². The molecule has 2 rings (SSSR count). The van der Waals surface area contributed by atoms with Crippen LogP contribution in [0.2, 0.25) is 0 Å². The number of methoxy groups -OCH3 is 1. The van der Waals surface area contributed by atoms with Crippen molar-refractivity contribution >= 4 is 5.69 Å². The van der Waals surface area contributed by atoms with Gasteiger partial charge in [0.1, 0.15) is 0 Å². The molecular formula is C16H20N2O. The Bertz CT molecular complexity index is 499. The molecule has 3 N–H and O–H groups in total. The van der Waals surface area contributed by atoms with E-state index in [0.29, 0.717) is 13.2 Å². The SMILES string of the molecule is COCc1ccccc1C(CN)Nc1ccccc1. The predicted octanol–water partition coefficient (Wildman–Crippen LogP) is 2.94. The highest BCUT2D eigenvalue weighted by Gasteiger charge is 2.13. The van der Waals surface area contributed by atoms with Crippen molar-refractivity contribution in [1.82, 2.24) is 0 Å². The van der Waals surface area contributed by atoms with Crippen LogP contribution >= 0.6 is 0 Å². The number of ether oxygens (including phenoxy) is 1. The van der Waals surface area contributed by atoms with E-state index in [1.807, 2.05) is 42.5 Å². The van der Waals surface area contributed by atoms with Crippen molar-refractivity contribution in [2.45, 2.75) is 12.6 Å². The highest BCUT2D eigenvalue weighted by Crippen LogP contribution is 2.22. The minimum Gasteiger partial charge on any atom is -0.380 e. The standard InChI is InChI=1S/C16H20N2O/c1-19-12-13-7-5-6-10-15(13)16(11-17)18-14-8-3-2-4-9-14/h2-10,16,18H,11-12,17H2,1H3. The molecule has 1 unspecified atom stereocenters. The quantitative estimate of drug-likeness (QED) is 0.835. The maximum absolute atomic E-state index is 5.91. The second kappa shape index (κ2) is 6.92. The van der Waals surface area contributed by atoms with Gasteiger partial charge in [-0.25, -0.2) is 0 Å². The van der Waals surface area contributed by atoms with Crippen molar-refractivity contribution in [3.8, 4) is 0 Å². The van der Waals surface area contributed by atoms with Crippen LogP contribution in [0.1, 0.15) is 17.2 Å². The summed E-state index contributed by atoms with van der Waals surface area (Å²) in [6, 6.07) is 18.4. The molecule has 3 heteroatoms. The van der Waals surface area contributed by atoms with Gasteiger partial charge in [0.2, 0.25) is 0 Å². The van der Waals surface area contributed by atoms with Gasteiger partial charge in [0.05, 0.1) is 12.6 Å². The largest absolute Gasteiger partial charge is 0.380 e. The van der Waals surface area contributed by atoms with Crippen LogP contribution in [0.4, 0.5) is 5.69 Å². The van der Waals surface area contributed by atoms with Crippen LogP contribution in [0.15, 0.2) is 54.6 Å². The Morgan fingerprint density at radius 3 is 2.42 bits per heavy atom. The molecule has 0 spiro atoms. The van der Waals surface area contributed by atoms with E-state index in [2.05, 4.69) is 17.4 Å². The van der Waals surface area contributed by atoms with Gasteiger partial charge in [-0.15, -0.1) is 0 Å². The fourth-order valence-corrected chi connectivity index (χ4v) is 2.16. The number of hydrogen-bond acceptors (Lipinski definition) is 3. The summed E-state index contributed by atoms with van der Waals surface area (Å²) in [4.78, 5) is 0. The van der Waals surface area contributed by atoms with Gasteiger partial charge >= 0.3 is 0 Å². The first-order valence-corrected chi connectivity index (χ1v) is 6.43. The number of para-hydroxylation sites is 1. The maximum atomic E-state index is 5.91. The van der Waals surface area contributed by atoms with Crippen LogP contribution < -0.4 is 11.1 Å². The minimum absolute atomic E-state index is 0.0914. The Hall–Kier alpha value is -1.84. The molecule has 0 radical (unpaired) electrons. The first kappa shape index (κ1) is 13.6. The van der Waals surface area contributed by atoms with Gasteiger partial charge in [-0.2, -0.15) is 0 Å². The zero-order valence-corrected chi connectivity index (χ0v) is 11.2. The van der Waals surface area contributed by atoms with Crippen LogP contribution in [0, 0.1) is 0 Å². The first-order valence-electron chi connectivity index (χ1n) is 6.43. The Balaban J connectivity index is 2.22. The molecule has 0 saturated carbocycles. The van der Waals surface area contributed by atoms with Crippen molar-refractivity contribution in [2.75, 3.05) is 19.0 Å². The molecule has 0 amide bonds. The third-order valence-electron chi connectivity index (χ3n) is 3.08. The summed E-state index contributed by atoms with van der Waals surface area (Å²) in [5, 5.41) is 3.46. The molecule has 100 valence electrons. The molecule has 0 saturated heterocycles. The highest BCUT2D eigenvalue weighted by molar-refractivity contribution is 5.46. The summed E-state index contributed by atoms with van der Waals surface area (Å²) in [6.07, 6.45) is 0. The van der Waals surface area contributed by atoms with Crippen LogP contribution in [0.5, 0.6) is 0 Å². The summed E-state index contributed by atoms with van der Waals surface area (Å²) in [7, 11) is 1.71. The number of nitrogens with two attached hydrogens (primary N) is 1. The zero-order chi connectivity index (χ0) is 13.5. The number of hydrogen-bond donors (Lipinski definition) is 2. The molecule has 2 aromatic carbocycles. The van der Waals surface area contributed by atoms with Crippen molar-refractivity contribution in [3.63, 3.8) is 0 Å². The molecule has 1 atom stereocenters. The Kier molecular flexibility index (Phi) is 4.95. The lowest BCUT2D eigenvalue weighted by atomic mass is 10.0. The topological polar surface area (TPSA) is 47.3 Å². The van der Waals surface area contributed by atoms with E-state index in [0.717, 1.165) is 5.69 Å². The predicted molar refractivity (Wildman–Crippen MR) is 79.0 cm³/mol. The van der Waals surface area contributed by atoms with E-state index in [-0.39, 0.29) is 6.04 Å². The van der Waals surface area contributed by atoms with Crippen molar-refractivity contribution < 1.29 is 4.74 Å². The van der Waals surface area contributed by atoms with Gasteiger partial charge in [0.25, 0.3) is 0 Å². The molecule has 0 heterocycles.